The number of ether oxygens (including phenoxy) is 1. The van der Waals surface area contributed by atoms with Gasteiger partial charge in [-0.1, -0.05) is 0 Å². The first kappa shape index (κ1) is 16.1. The highest BCUT2D eigenvalue weighted by atomic mass is 32.2. The summed E-state index contributed by atoms with van der Waals surface area (Å²) in [5.41, 5.74) is 0.374. The maximum absolute atomic E-state index is 12.6. The average Bonchev–Trinajstić information content (AvgIpc) is 3.07. The zero-order chi connectivity index (χ0) is 17.4. The molecular weight excluding hydrogens is 344 g/mol. The molecule has 3 heterocycles. The molecule has 0 spiro atoms. The van der Waals surface area contributed by atoms with Gasteiger partial charge in [-0.05, 0) is 30.5 Å². The molecule has 25 heavy (non-hydrogen) atoms. The van der Waals surface area contributed by atoms with Crippen LogP contribution in [0.4, 0.5) is 5.69 Å². The van der Waals surface area contributed by atoms with E-state index in [0.29, 0.717) is 18.0 Å². The third-order valence-electron chi connectivity index (χ3n) is 4.51. The number of anilines is 1. The van der Waals surface area contributed by atoms with E-state index in [-0.39, 0.29) is 23.3 Å². The first-order valence-corrected chi connectivity index (χ1v) is 9.56. The maximum atomic E-state index is 12.6. The van der Waals surface area contributed by atoms with Crippen LogP contribution in [0.3, 0.4) is 0 Å². The molecule has 4 rings (SSSR count). The monoisotopic (exact) mass is 362 g/mol. The SMILES string of the molecule is O=C1COc2ccc(S(=O)(=O)NCC3CCn4ccnc4C3)cc2N1. The van der Waals surface area contributed by atoms with Crippen molar-refractivity contribution in [2.45, 2.75) is 24.3 Å². The molecule has 8 nitrogen and oxygen atoms in total. The van der Waals surface area contributed by atoms with Gasteiger partial charge in [-0.3, -0.25) is 4.79 Å². The highest BCUT2D eigenvalue weighted by molar-refractivity contribution is 7.89. The van der Waals surface area contributed by atoms with Gasteiger partial charge in [0, 0.05) is 31.9 Å². The number of imidazole rings is 1. The predicted octanol–water partition coefficient (Wildman–Crippen LogP) is 0.755. The summed E-state index contributed by atoms with van der Waals surface area (Å²) < 4.78 is 35.1. The van der Waals surface area contributed by atoms with Crippen LogP contribution in [0.5, 0.6) is 5.75 Å². The third-order valence-corrected chi connectivity index (χ3v) is 5.93. The second kappa shape index (κ2) is 6.16. The lowest BCUT2D eigenvalue weighted by molar-refractivity contribution is -0.118. The lowest BCUT2D eigenvalue weighted by atomic mass is 9.98. The number of nitrogens with zero attached hydrogens (tertiary/aromatic N) is 2. The van der Waals surface area contributed by atoms with E-state index in [2.05, 4.69) is 19.6 Å². The Morgan fingerprint density at radius 2 is 2.28 bits per heavy atom. The molecule has 1 aromatic carbocycles. The minimum atomic E-state index is -3.66. The number of benzene rings is 1. The van der Waals surface area contributed by atoms with E-state index in [4.69, 9.17) is 4.74 Å². The van der Waals surface area contributed by atoms with E-state index in [0.717, 1.165) is 25.2 Å². The van der Waals surface area contributed by atoms with Crippen molar-refractivity contribution in [3.8, 4) is 5.75 Å². The van der Waals surface area contributed by atoms with Crippen molar-refractivity contribution < 1.29 is 17.9 Å². The van der Waals surface area contributed by atoms with Crippen molar-refractivity contribution in [3.05, 3.63) is 36.4 Å². The fourth-order valence-electron chi connectivity index (χ4n) is 3.13. The van der Waals surface area contributed by atoms with Crippen LogP contribution < -0.4 is 14.8 Å². The summed E-state index contributed by atoms with van der Waals surface area (Å²) in [6.45, 7) is 1.15. The van der Waals surface area contributed by atoms with Gasteiger partial charge in [0.2, 0.25) is 10.0 Å². The van der Waals surface area contributed by atoms with Crippen molar-refractivity contribution >= 4 is 21.6 Å². The minimum absolute atomic E-state index is 0.0607. The molecule has 9 heteroatoms. The Bertz CT molecular complexity index is 922. The minimum Gasteiger partial charge on any atom is -0.482 e. The number of fused-ring (bicyclic) bond motifs is 2. The van der Waals surface area contributed by atoms with Crippen molar-refractivity contribution in [2.24, 2.45) is 5.92 Å². The normalized spacial score (nSPS) is 19.5. The highest BCUT2D eigenvalue weighted by Crippen LogP contribution is 2.30. The lowest BCUT2D eigenvalue weighted by Crippen LogP contribution is -2.33. The Morgan fingerprint density at radius 3 is 3.16 bits per heavy atom. The molecule has 0 radical (unpaired) electrons. The van der Waals surface area contributed by atoms with Crippen LogP contribution in [0.1, 0.15) is 12.2 Å². The highest BCUT2D eigenvalue weighted by Gasteiger charge is 2.24. The number of sulfonamides is 1. The molecule has 0 saturated heterocycles. The molecule has 132 valence electrons. The van der Waals surface area contributed by atoms with Crippen LogP contribution in [-0.4, -0.2) is 37.0 Å². The summed E-state index contributed by atoms with van der Waals surface area (Å²) in [7, 11) is -3.66. The topological polar surface area (TPSA) is 102 Å². The molecule has 2 aliphatic heterocycles. The number of nitrogens with one attached hydrogen (secondary N) is 2. The summed E-state index contributed by atoms with van der Waals surface area (Å²) in [6, 6.07) is 4.45. The van der Waals surface area contributed by atoms with Crippen molar-refractivity contribution in [3.63, 3.8) is 0 Å². The number of rotatable bonds is 4. The summed E-state index contributed by atoms with van der Waals surface area (Å²) in [5, 5.41) is 2.62. The molecule has 0 saturated carbocycles. The molecule has 2 aliphatic rings. The molecule has 0 fully saturated rings. The van der Waals surface area contributed by atoms with Crippen LogP contribution in [0, 0.1) is 5.92 Å². The number of aryl methyl sites for hydroxylation is 1. The van der Waals surface area contributed by atoms with E-state index >= 15 is 0 Å². The smallest absolute Gasteiger partial charge is 0.262 e. The number of aromatic nitrogens is 2. The molecular formula is C16H18N4O4S. The molecule has 2 aromatic rings. The Balaban J connectivity index is 1.45. The Kier molecular flexibility index (Phi) is 3.97. The zero-order valence-corrected chi connectivity index (χ0v) is 14.3. The maximum Gasteiger partial charge on any atom is 0.262 e. The van der Waals surface area contributed by atoms with Gasteiger partial charge in [-0.2, -0.15) is 0 Å². The summed E-state index contributed by atoms with van der Waals surface area (Å²) >= 11 is 0. The van der Waals surface area contributed by atoms with Crippen LogP contribution in [0.2, 0.25) is 0 Å². The van der Waals surface area contributed by atoms with Gasteiger partial charge in [-0.25, -0.2) is 18.1 Å². The number of hydrogen-bond acceptors (Lipinski definition) is 5. The van der Waals surface area contributed by atoms with Gasteiger partial charge in [0.1, 0.15) is 11.6 Å². The molecule has 1 aromatic heterocycles. The fourth-order valence-corrected chi connectivity index (χ4v) is 4.27. The van der Waals surface area contributed by atoms with E-state index in [1.54, 1.807) is 12.3 Å². The second-order valence-electron chi connectivity index (χ2n) is 6.24. The zero-order valence-electron chi connectivity index (χ0n) is 13.4. The van der Waals surface area contributed by atoms with Crippen molar-refractivity contribution in [2.75, 3.05) is 18.5 Å². The molecule has 2 N–H and O–H groups in total. The van der Waals surface area contributed by atoms with Crippen LogP contribution in [-0.2, 0) is 27.8 Å². The quantitative estimate of drug-likeness (QED) is 0.836. The van der Waals surface area contributed by atoms with Crippen LogP contribution in [0.15, 0.2) is 35.5 Å². The first-order chi connectivity index (χ1) is 12.0. The molecule has 0 aliphatic carbocycles. The van der Waals surface area contributed by atoms with Gasteiger partial charge in [0.05, 0.1) is 10.6 Å². The fraction of sp³-hybridized carbons (Fsp3) is 0.375. The molecule has 1 atom stereocenters. The number of amides is 1. The van der Waals surface area contributed by atoms with E-state index in [1.165, 1.54) is 12.1 Å². The molecule has 0 bridgehead atoms. The van der Waals surface area contributed by atoms with E-state index in [1.807, 2.05) is 6.20 Å². The summed E-state index contributed by atoms with van der Waals surface area (Å²) in [4.78, 5) is 15.8. The standard InChI is InChI=1S/C16H18N4O4S/c21-16-10-24-14-2-1-12(8-13(14)19-16)25(22,23)18-9-11-3-5-20-6-4-17-15(20)7-11/h1-2,4,6,8,11,18H,3,5,7,9-10H2,(H,19,21). The number of carbonyl (C=O) groups is 1. The van der Waals surface area contributed by atoms with Gasteiger partial charge in [0.15, 0.2) is 6.61 Å². The lowest BCUT2D eigenvalue weighted by Gasteiger charge is -2.23. The predicted molar refractivity (Wildman–Crippen MR) is 89.8 cm³/mol. The average molecular weight is 362 g/mol. The Hall–Kier alpha value is -2.39. The molecule has 1 unspecified atom stereocenters. The van der Waals surface area contributed by atoms with Gasteiger partial charge < -0.3 is 14.6 Å². The Morgan fingerprint density at radius 1 is 1.40 bits per heavy atom. The van der Waals surface area contributed by atoms with E-state index in [9.17, 15) is 13.2 Å². The third kappa shape index (κ3) is 3.24. The Labute approximate surface area is 145 Å². The summed E-state index contributed by atoms with van der Waals surface area (Å²) in [6.07, 6.45) is 5.37. The van der Waals surface area contributed by atoms with Crippen LogP contribution in [0.25, 0.3) is 0 Å². The van der Waals surface area contributed by atoms with Crippen molar-refractivity contribution in [1.82, 2.24) is 14.3 Å². The summed E-state index contributed by atoms with van der Waals surface area (Å²) in [5.74, 6) is 1.37. The van der Waals surface area contributed by atoms with Gasteiger partial charge in [0.25, 0.3) is 5.91 Å². The first-order valence-electron chi connectivity index (χ1n) is 8.08. The van der Waals surface area contributed by atoms with Crippen molar-refractivity contribution in [1.29, 1.82) is 0 Å². The van der Waals surface area contributed by atoms with Gasteiger partial charge in [-0.15, -0.1) is 0 Å². The number of carbonyl (C=O) groups excluding carboxylic acids is 1. The molecule has 1 amide bonds. The van der Waals surface area contributed by atoms with E-state index < -0.39 is 10.0 Å². The van der Waals surface area contributed by atoms with Gasteiger partial charge >= 0.3 is 0 Å². The number of hydrogen-bond donors (Lipinski definition) is 2. The largest absolute Gasteiger partial charge is 0.482 e. The second-order valence-corrected chi connectivity index (χ2v) is 8.01. The van der Waals surface area contributed by atoms with Crippen LogP contribution >= 0.6 is 0 Å².